The summed E-state index contributed by atoms with van der Waals surface area (Å²) in [6.07, 6.45) is 0. The van der Waals surface area contributed by atoms with Crippen molar-refractivity contribution in [3.05, 3.63) is 0 Å². The van der Waals surface area contributed by atoms with Crippen LogP contribution in [0.1, 0.15) is 20.8 Å². The Kier molecular flexibility index (Phi) is 2.53. The Morgan fingerprint density at radius 3 is 1.70 bits per heavy atom. The quantitative estimate of drug-likeness (QED) is 0.452. The standard InChI is InChI=1S/C8H18OSi/c1-4-10(5-2,6-3)8-7-9-8/h8H,4-7H2,1-3H3. The molecule has 0 aromatic heterocycles. The van der Waals surface area contributed by atoms with Gasteiger partial charge in [0, 0.05) is 0 Å². The molecule has 1 heterocycles. The molecular formula is C8H18OSi. The summed E-state index contributed by atoms with van der Waals surface area (Å²) in [7, 11) is -0.906. The van der Waals surface area contributed by atoms with Gasteiger partial charge in [-0.3, -0.25) is 0 Å². The summed E-state index contributed by atoms with van der Waals surface area (Å²) < 4.78 is 5.41. The molecule has 1 nitrogen and oxygen atoms in total. The maximum Gasteiger partial charge on any atom is 0.0898 e. The van der Waals surface area contributed by atoms with Gasteiger partial charge in [0.05, 0.1) is 20.4 Å². The maximum atomic E-state index is 5.41. The first-order valence-electron chi connectivity index (χ1n) is 4.40. The van der Waals surface area contributed by atoms with Crippen molar-refractivity contribution in [2.45, 2.75) is 44.6 Å². The summed E-state index contributed by atoms with van der Waals surface area (Å²) in [5.74, 6) is 0. The number of hydrogen-bond donors (Lipinski definition) is 0. The minimum Gasteiger partial charge on any atom is -0.377 e. The number of epoxide rings is 1. The Bertz CT molecular complexity index is 97.6. The molecule has 1 aliphatic heterocycles. The second-order valence-electron chi connectivity index (χ2n) is 3.25. The molecule has 0 aromatic rings. The Labute approximate surface area is 64.8 Å². The molecule has 0 spiro atoms. The number of hydrogen-bond acceptors (Lipinski definition) is 1. The van der Waals surface area contributed by atoms with Gasteiger partial charge in [0.1, 0.15) is 0 Å². The lowest BCUT2D eigenvalue weighted by Crippen LogP contribution is -2.38. The predicted octanol–water partition coefficient (Wildman–Crippen LogP) is 2.43. The fraction of sp³-hybridized carbons (Fsp3) is 1.00. The highest BCUT2D eigenvalue weighted by Crippen LogP contribution is 2.32. The Morgan fingerprint density at radius 2 is 1.60 bits per heavy atom. The minimum atomic E-state index is -0.906. The fourth-order valence-electron chi connectivity index (χ4n) is 1.83. The maximum absolute atomic E-state index is 5.41. The van der Waals surface area contributed by atoms with Crippen molar-refractivity contribution in [1.29, 1.82) is 0 Å². The molecule has 0 N–H and O–H groups in total. The largest absolute Gasteiger partial charge is 0.377 e. The van der Waals surface area contributed by atoms with E-state index in [2.05, 4.69) is 20.8 Å². The van der Waals surface area contributed by atoms with Gasteiger partial charge in [-0.25, -0.2) is 0 Å². The number of rotatable bonds is 4. The van der Waals surface area contributed by atoms with E-state index in [-0.39, 0.29) is 0 Å². The zero-order chi connectivity index (χ0) is 7.61. The SMILES string of the molecule is CC[Si](CC)(CC)C1CO1. The third-order valence-electron chi connectivity index (χ3n) is 3.13. The van der Waals surface area contributed by atoms with Crippen LogP contribution in [0.2, 0.25) is 18.1 Å². The van der Waals surface area contributed by atoms with Gasteiger partial charge in [0.15, 0.2) is 0 Å². The molecule has 0 aromatic carbocycles. The molecule has 0 bridgehead atoms. The van der Waals surface area contributed by atoms with Crippen LogP contribution in [0.5, 0.6) is 0 Å². The minimum absolute atomic E-state index is 0.729. The average Bonchev–Trinajstić information content (AvgIpc) is 2.77. The van der Waals surface area contributed by atoms with Crippen LogP contribution in [-0.4, -0.2) is 20.4 Å². The summed E-state index contributed by atoms with van der Waals surface area (Å²) in [6, 6.07) is 4.22. The first kappa shape index (κ1) is 8.28. The first-order chi connectivity index (χ1) is 4.79. The Morgan fingerprint density at radius 1 is 1.20 bits per heavy atom. The summed E-state index contributed by atoms with van der Waals surface area (Å²) >= 11 is 0. The van der Waals surface area contributed by atoms with E-state index in [1.54, 1.807) is 0 Å². The van der Waals surface area contributed by atoms with Crippen LogP contribution in [0, 0.1) is 0 Å². The van der Waals surface area contributed by atoms with E-state index in [1.807, 2.05) is 0 Å². The van der Waals surface area contributed by atoms with Gasteiger partial charge >= 0.3 is 0 Å². The van der Waals surface area contributed by atoms with Gasteiger partial charge < -0.3 is 4.74 Å². The molecule has 0 radical (unpaired) electrons. The zero-order valence-corrected chi connectivity index (χ0v) is 8.31. The van der Waals surface area contributed by atoms with Crippen molar-refractivity contribution in [3.63, 3.8) is 0 Å². The van der Waals surface area contributed by atoms with Crippen molar-refractivity contribution in [2.24, 2.45) is 0 Å². The molecule has 10 heavy (non-hydrogen) atoms. The fourth-order valence-corrected chi connectivity index (χ4v) is 5.50. The monoisotopic (exact) mass is 158 g/mol. The highest BCUT2D eigenvalue weighted by molar-refractivity contribution is 6.81. The molecule has 1 aliphatic rings. The van der Waals surface area contributed by atoms with Crippen LogP contribution in [0.3, 0.4) is 0 Å². The predicted molar refractivity (Wildman–Crippen MR) is 46.9 cm³/mol. The lowest BCUT2D eigenvalue weighted by molar-refractivity contribution is 0.447. The lowest BCUT2D eigenvalue weighted by atomic mass is 10.9. The molecule has 1 fully saturated rings. The van der Waals surface area contributed by atoms with Gasteiger partial charge in [-0.1, -0.05) is 38.9 Å². The molecule has 0 amide bonds. The average molecular weight is 158 g/mol. The van der Waals surface area contributed by atoms with Crippen LogP contribution in [-0.2, 0) is 4.74 Å². The molecule has 0 aliphatic carbocycles. The van der Waals surface area contributed by atoms with Crippen molar-refractivity contribution in [2.75, 3.05) is 6.61 Å². The molecule has 1 atom stereocenters. The Hall–Kier alpha value is 0.177. The summed E-state index contributed by atoms with van der Waals surface area (Å²) in [6.45, 7) is 8.07. The van der Waals surface area contributed by atoms with Crippen LogP contribution in [0.25, 0.3) is 0 Å². The molecule has 1 unspecified atom stereocenters. The van der Waals surface area contributed by atoms with Crippen LogP contribution < -0.4 is 0 Å². The second-order valence-corrected chi connectivity index (χ2v) is 8.74. The molecule has 0 saturated carbocycles. The molecule has 60 valence electrons. The first-order valence-corrected chi connectivity index (χ1v) is 7.10. The summed E-state index contributed by atoms with van der Waals surface area (Å²) in [5, 5.41) is 0. The van der Waals surface area contributed by atoms with Gasteiger partial charge in [-0.05, 0) is 0 Å². The van der Waals surface area contributed by atoms with Crippen molar-refractivity contribution < 1.29 is 4.74 Å². The Balaban J connectivity index is 2.52. The van der Waals surface area contributed by atoms with Gasteiger partial charge in [-0.15, -0.1) is 0 Å². The molecular weight excluding hydrogens is 140 g/mol. The van der Waals surface area contributed by atoms with E-state index in [0.717, 1.165) is 12.3 Å². The van der Waals surface area contributed by atoms with E-state index < -0.39 is 8.07 Å². The lowest BCUT2D eigenvalue weighted by Gasteiger charge is -2.25. The highest BCUT2D eigenvalue weighted by atomic mass is 28.3. The number of ether oxygens (including phenoxy) is 1. The van der Waals surface area contributed by atoms with E-state index in [9.17, 15) is 0 Å². The van der Waals surface area contributed by atoms with E-state index in [0.29, 0.717) is 0 Å². The van der Waals surface area contributed by atoms with Crippen molar-refractivity contribution in [3.8, 4) is 0 Å². The van der Waals surface area contributed by atoms with Gasteiger partial charge in [-0.2, -0.15) is 0 Å². The summed E-state index contributed by atoms with van der Waals surface area (Å²) in [5.41, 5.74) is 0.729. The van der Waals surface area contributed by atoms with E-state index >= 15 is 0 Å². The third-order valence-corrected chi connectivity index (χ3v) is 9.05. The highest BCUT2D eigenvalue weighted by Gasteiger charge is 2.44. The van der Waals surface area contributed by atoms with E-state index in [1.165, 1.54) is 18.1 Å². The summed E-state index contributed by atoms with van der Waals surface area (Å²) in [4.78, 5) is 0. The van der Waals surface area contributed by atoms with Crippen molar-refractivity contribution >= 4 is 8.07 Å². The van der Waals surface area contributed by atoms with E-state index in [4.69, 9.17) is 4.74 Å². The smallest absolute Gasteiger partial charge is 0.0898 e. The van der Waals surface area contributed by atoms with Crippen LogP contribution >= 0.6 is 0 Å². The molecule has 1 saturated heterocycles. The topological polar surface area (TPSA) is 12.5 Å². The van der Waals surface area contributed by atoms with Gasteiger partial charge in [0.2, 0.25) is 0 Å². The zero-order valence-electron chi connectivity index (χ0n) is 7.31. The van der Waals surface area contributed by atoms with Gasteiger partial charge in [0.25, 0.3) is 0 Å². The van der Waals surface area contributed by atoms with Crippen molar-refractivity contribution in [1.82, 2.24) is 0 Å². The normalized spacial score (nSPS) is 24.9. The third kappa shape index (κ3) is 1.27. The van der Waals surface area contributed by atoms with Crippen LogP contribution in [0.15, 0.2) is 0 Å². The van der Waals surface area contributed by atoms with Crippen LogP contribution in [0.4, 0.5) is 0 Å². The second kappa shape index (κ2) is 3.05. The molecule has 2 heteroatoms. The molecule has 1 rings (SSSR count).